The van der Waals surface area contributed by atoms with Gasteiger partial charge in [0.2, 0.25) is 0 Å². The highest BCUT2D eigenvalue weighted by Crippen LogP contribution is 2.30. The predicted octanol–water partition coefficient (Wildman–Crippen LogP) is 4.29. The summed E-state index contributed by atoms with van der Waals surface area (Å²) in [6.07, 6.45) is 4.18. The van der Waals surface area contributed by atoms with Gasteiger partial charge in [-0.3, -0.25) is 9.36 Å². The van der Waals surface area contributed by atoms with E-state index in [9.17, 15) is 0 Å². The van der Waals surface area contributed by atoms with Crippen LogP contribution in [-0.2, 0) is 20.5 Å². The quantitative estimate of drug-likeness (QED) is 0.764. The van der Waals surface area contributed by atoms with E-state index < -0.39 is 0 Å². The van der Waals surface area contributed by atoms with Crippen LogP contribution in [0.4, 0.5) is 0 Å². The first kappa shape index (κ1) is 17.8. The lowest BCUT2D eigenvalue weighted by molar-refractivity contribution is 0.452. The lowest BCUT2D eigenvalue weighted by atomic mass is 9.87. The summed E-state index contributed by atoms with van der Waals surface area (Å²) in [7, 11) is 4.05. The molecule has 0 aromatic carbocycles. The van der Waals surface area contributed by atoms with Gasteiger partial charge < -0.3 is 0 Å². The van der Waals surface area contributed by atoms with E-state index in [-0.39, 0.29) is 0 Å². The van der Waals surface area contributed by atoms with Gasteiger partial charge in [0, 0.05) is 37.8 Å². The van der Waals surface area contributed by atoms with Crippen molar-refractivity contribution < 1.29 is 0 Å². The Labute approximate surface area is 140 Å². The van der Waals surface area contributed by atoms with E-state index >= 15 is 0 Å². The van der Waals surface area contributed by atoms with Crippen LogP contribution in [-0.4, -0.2) is 19.6 Å². The molecular weight excluding hydrogens is 284 g/mol. The van der Waals surface area contributed by atoms with Gasteiger partial charge in [-0.2, -0.15) is 10.2 Å². The van der Waals surface area contributed by atoms with Crippen LogP contribution in [0.3, 0.4) is 0 Å². The lowest BCUT2D eigenvalue weighted by Crippen LogP contribution is -2.11. The zero-order valence-electron chi connectivity index (χ0n) is 15.7. The average Bonchev–Trinajstić information content (AvgIpc) is 3.05. The normalized spacial score (nSPS) is 15.8. The molecule has 0 radical (unpaired) electrons. The van der Waals surface area contributed by atoms with Crippen LogP contribution in [0.1, 0.15) is 70.0 Å². The van der Waals surface area contributed by atoms with Gasteiger partial charge >= 0.3 is 0 Å². The maximum absolute atomic E-state index is 4.77. The molecule has 2 aromatic rings. The molecule has 3 atom stereocenters. The Morgan fingerprint density at radius 2 is 1.78 bits per heavy atom. The highest BCUT2D eigenvalue weighted by Gasteiger charge is 2.22. The number of aryl methyl sites for hydroxylation is 2. The first-order valence-corrected chi connectivity index (χ1v) is 8.85. The molecule has 0 N–H and O–H groups in total. The molecule has 2 heterocycles. The van der Waals surface area contributed by atoms with Crippen molar-refractivity contribution in [1.29, 1.82) is 0 Å². The molecule has 0 bridgehead atoms. The van der Waals surface area contributed by atoms with Crippen LogP contribution >= 0.6 is 0 Å². The Bertz CT molecular complexity index is 623. The summed E-state index contributed by atoms with van der Waals surface area (Å²) < 4.78 is 3.97. The van der Waals surface area contributed by atoms with Crippen molar-refractivity contribution >= 4 is 0 Å². The maximum Gasteiger partial charge on any atom is 0.0655 e. The Hall–Kier alpha value is -1.58. The molecule has 0 saturated carbocycles. The van der Waals surface area contributed by atoms with Crippen LogP contribution in [0.5, 0.6) is 0 Å². The van der Waals surface area contributed by atoms with Gasteiger partial charge in [-0.1, -0.05) is 34.6 Å². The van der Waals surface area contributed by atoms with Crippen molar-refractivity contribution in [3.8, 4) is 0 Å². The fourth-order valence-electron chi connectivity index (χ4n) is 3.49. The first-order chi connectivity index (χ1) is 10.8. The summed E-state index contributed by atoms with van der Waals surface area (Å²) >= 11 is 0. The molecular formula is C19H32N4. The van der Waals surface area contributed by atoms with Gasteiger partial charge in [-0.05, 0) is 36.8 Å². The molecule has 23 heavy (non-hydrogen) atoms. The van der Waals surface area contributed by atoms with E-state index in [4.69, 9.17) is 5.10 Å². The third kappa shape index (κ3) is 4.04. The number of nitrogens with zero attached hydrogens (tertiary/aromatic N) is 4. The molecule has 0 aliphatic heterocycles. The van der Waals surface area contributed by atoms with Gasteiger partial charge in [0.25, 0.3) is 0 Å². The summed E-state index contributed by atoms with van der Waals surface area (Å²) in [6, 6.07) is 4.44. The third-order valence-electron chi connectivity index (χ3n) is 5.18. The highest BCUT2D eigenvalue weighted by atomic mass is 15.3. The Kier molecular flexibility index (Phi) is 5.66. The second-order valence-corrected chi connectivity index (χ2v) is 7.33. The molecule has 0 amide bonds. The SMILES string of the molecule is CCC(c1cc(CC(C)C(C)c2ccn(C)n2)nn1C)C(C)C. The first-order valence-electron chi connectivity index (χ1n) is 8.85. The molecule has 0 spiro atoms. The standard InChI is InChI=1S/C19H32N4/c1-8-17(13(2)3)19-12-16(20-23(19)7)11-14(4)15(5)18-9-10-22(6)21-18/h9-10,12-15,17H,8,11H2,1-7H3. The molecule has 0 aliphatic carbocycles. The Morgan fingerprint density at radius 1 is 1.09 bits per heavy atom. The summed E-state index contributed by atoms with van der Waals surface area (Å²) in [4.78, 5) is 0. The largest absolute Gasteiger partial charge is 0.276 e. The second kappa shape index (κ2) is 7.33. The summed E-state index contributed by atoms with van der Waals surface area (Å²) in [5, 5.41) is 9.33. The molecule has 2 rings (SSSR count). The van der Waals surface area contributed by atoms with Crippen molar-refractivity contribution in [3.05, 3.63) is 35.4 Å². The molecule has 4 heteroatoms. The minimum atomic E-state index is 0.439. The minimum Gasteiger partial charge on any atom is -0.276 e. The third-order valence-corrected chi connectivity index (χ3v) is 5.18. The number of rotatable bonds is 7. The van der Waals surface area contributed by atoms with Crippen molar-refractivity contribution in [1.82, 2.24) is 19.6 Å². The number of hydrogen-bond acceptors (Lipinski definition) is 2. The fraction of sp³-hybridized carbons (Fsp3) is 0.684. The van der Waals surface area contributed by atoms with Gasteiger partial charge in [-0.15, -0.1) is 0 Å². The molecule has 0 saturated heterocycles. The number of aromatic nitrogens is 4. The van der Waals surface area contributed by atoms with Crippen LogP contribution in [0, 0.1) is 11.8 Å². The molecule has 4 nitrogen and oxygen atoms in total. The van der Waals surface area contributed by atoms with E-state index in [2.05, 4.69) is 63.6 Å². The smallest absolute Gasteiger partial charge is 0.0655 e. The molecule has 2 aromatic heterocycles. The molecule has 128 valence electrons. The van der Waals surface area contributed by atoms with Crippen molar-refractivity contribution in [3.63, 3.8) is 0 Å². The van der Waals surface area contributed by atoms with Crippen molar-refractivity contribution in [2.24, 2.45) is 25.9 Å². The van der Waals surface area contributed by atoms with Crippen LogP contribution in [0.25, 0.3) is 0 Å². The van der Waals surface area contributed by atoms with Gasteiger partial charge in [-0.25, -0.2) is 0 Å². The molecule has 3 unspecified atom stereocenters. The predicted molar refractivity (Wildman–Crippen MR) is 95.6 cm³/mol. The fourth-order valence-corrected chi connectivity index (χ4v) is 3.49. The number of hydrogen-bond donors (Lipinski definition) is 0. The maximum atomic E-state index is 4.77. The van der Waals surface area contributed by atoms with E-state index in [0.717, 1.165) is 12.8 Å². The lowest BCUT2D eigenvalue weighted by Gasteiger charge is -2.18. The van der Waals surface area contributed by atoms with Gasteiger partial charge in [0.1, 0.15) is 0 Å². The topological polar surface area (TPSA) is 35.6 Å². The van der Waals surface area contributed by atoms with E-state index in [1.165, 1.54) is 17.1 Å². The van der Waals surface area contributed by atoms with Crippen molar-refractivity contribution in [2.75, 3.05) is 0 Å². The van der Waals surface area contributed by atoms with Gasteiger partial charge in [0.15, 0.2) is 0 Å². The van der Waals surface area contributed by atoms with Gasteiger partial charge in [0.05, 0.1) is 11.4 Å². The average molecular weight is 316 g/mol. The summed E-state index contributed by atoms with van der Waals surface area (Å²) in [6.45, 7) is 11.4. The summed E-state index contributed by atoms with van der Waals surface area (Å²) in [5.74, 6) is 2.19. The summed E-state index contributed by atoms with van der Waals surface area (Å²) in [5.41, 5.74) is 3.75. The van der Waals surface area contributed by atoms with Crippen LogP contribution in [0.15, 0.2) is 18.3 Å². The van der Waals surface area contributed by atoms with E-state index in [0.29, 0.717) is 23.7 Å². The zero-order valence-corrected chi connectivity index (χ0v) is 15.7. The molecule has 0 fully saturated rings. The monoisotopic (exact) mass is 316 g/mol. The van der Waals surface area contributed by atoms with Crippen molar-refractivity contribution in [2.45, 2.75) is 59.3 Å². The molecule has 0 aliphatic rings. The van der Waals surface area contributed by atoms with Crippen LogP contribution in [0.2, 0.25) is 0 Å². The van der Waals surface area contributed by atoms with E-state index in [1.807, 2.05) is 17.9 Å². The highest BCUT2D eigenvalue weighted by molar-refractivity contribution is 5.17. The minimum absolute atomic E-state index is 0.439. The Morgan fingerprint density at radius 3 is 2.30 bits per heavy atom. The van der Waals surface area contributed by atoms with Crippen LogP contribution < -0.4 is 0 Å². The zero-order chi connectivity index (χ0) is 17.1. The van der Waals surface area contributed by atoms with E-state index in [1.54, 1.807) is 0 Å². The Balaban J connectivity index is 2.11. The second-order valence-electron chi connectivity index (χ2n) is 7.33.